The Morgan fingerprint density at radius 1 is 1.91 bits per heavy atom. The quantitative estimate of drug-likeness (QED) is 0.690. The summed E-state index contributed by atoms with van der Waals surface area (Å²) in [6.07, 6.45) is 4.81. The minimum absolute atomic E-state index is 0.103. The van der Waals surface area contributed by atoms with E-state index in [2.05, 4.69) is 11.7 Å². The summed E-state index contributed by atoms with van der Waals surface area (Å²) in [5.74, 6) is -0.899. The van der Waals surface area contributed by atoms with Gasteiger partial charge in [0.1, 0.15) is 6.54 Å². The van der Waals surface area contributed by atoms with Gasteiger partial charge in [-0.25, -0.2) is 0 Å². The number of aliphatic carboxylic acids is 1. The van der Waals surface area contributed by atoms with Gasteiger partial charge < -0.3 is 5.11 Å². The molecule has 4 heteroatoms. The molecule has 0 aromatic carbocycles. The van der Waals surface area contributed by atoms with Crippen molar-refractivity contribution in [1.82, 2.24) is 9.78 Å². The number of rotatable bonds is 3. The molecule has 0 saturated carbocycles. The van der Waals surface area contributed by atoms with E-state index >= 15 is 0 Å². The third-order valence-electron chi connectivity index (χ3n) is 1.19. The van der Waals surface area contributed by atoms with Crippen LogP contribution in [0.3, 0.4) is 0 Å². The Morgan fingerprint density at radius 2 is 2.64 bits per heavy atom. The van der Waals surface area contributed by atoms with Gasteiger partial charge in [-0.3, -0.25) is 9.48 Å². The Morgan fingerprint density at radius 3 is 3.09 bits per heavy atom. The maximum Gasteiger partial charge on any atom is 0.325 e. The summed E-state index contributed by atoms with van der Waals surface area (Å²) in [6, 6.07) is 0. The van der Waals surface area contributed by atoms with Gasteiger partial charge in [0.2, 0.25) is 0 Å². The second-order valence-electron chi connectivity index (χ2n) is 2.07. The number of carboxylic acids is 1. The van der Waals surface area contributed by atoms with Crippen LogP contribution in [0.25, 0.3) is 6.08 Å². The summed E-state index contributed by atoms with van der Waals surface area (Å²) in [5.41, 5.74) is 0.825. The van der Waals surface area contributed by atoms with Crippen LogP contribution in [-0.4, -0.2) is 20.9 Å². The van der Waals surface area contributed by atoms with Gasteiger partial charge in [0.05, 0.1) is 6.20 Å². The van der Waals surface area contributed by atoms with Crippen molar-refractivity contribution in [3.63, 3.8) is 0 Å². The summed E-state index contributed by atoms with van der Waals surface area (Å²) in [5, 5.41) is 12.2. The van der Waals surface area contributed by atoms with Crippen LogP contribution in [-0.2, 0) is 11.3 Å². The molecule has 58 valence electrons. The Kier molecular flexibility index (Phi) is 2.06. The topological polar surface area (TPSA) is 55.1 Å². The molecule has 0 bridgehead atoms. The Bertz CT molecular complexity index is 278. The Hall–Kier alpha value is -1.58. The molecule has 1 heterocycles. The van der Waals surface area contributed by atoms with Crippen LogP contribution in [0.1, 0.15) is 5.56 Å². The third-order valence-corrected chi connectivity index (χ3v) is 1.19. The standard InChI is InChI=1S/C7H8N2O2/c1-2-6-3-8-9(4-6)5-7(10)11/h2-4H,1,5H2,(H,10,11). The van der Waals surface area contributed by atoms with Crippen molar-refractivity contribution in [2.75, 3.05) is 0 Å². The largest absolute Gasteiger partial charge is 0.480 e. The van der Waals surface area contributed by atoms with Gasteiger partial charge in [0.15, 0.2) is 0 Å². The minimum Gasteiger partial charge on any atom is -0.480 e. The lowest BCUT2D eigenvalue weighted by Gasteiger charge is -1.92. The highest BCUT2D eigenvalue weighted by atomic mass is 16.4. The lowest BCUT2D eigenvalue weighted by atomic mass is 10.4. The van der Waals surface area contributed by atoms with Crippen molar-refractivity contribution in [3.05, 3.63) is 24.5 Å². The highest BCUT2D eigenvalue weighted by Crippen LogP contribution is 1.97. The molecule has 0 fully saturated rings. The fourth-order valence-electron chi connectivity index (χ4n) is 0.710. The van der Waals surface area contributed by atoms with E-state index in [9.17, 15) is 4.79 Å². The summed E-state index contributed by atoms with van der Waals surface area (Å²) in [7, 11) is 0. The van der Waals surface area contributed by atoms with Gasteiger partial charge >= 0.3 is 5.97 Å². The highest BCUT2D eigenvalue weighted by Gasteiger charge is 1.99. The first kappa shape index (κ1) is 7.53. The van der Waals surface area contributed by atoms with Crippen LogP contribution in [0.4, 0.5) is 0 Å². The zero-order valence-electron chi connectivity index (χ0n) is 5.90. The van der Waals surface area contributed by atoms with E-state index in [1.165, 1.54) is 4.68 Å². The molecule has 0 amide bonds. The normalized spacial score (nSPS) is 9.45. The van der Waals surface area contributed by atoms with E-state index in [1.807, 2.05) is 0 Å². The van der Waals surface area contributed by atoms with Crippen molar-refractivity contribution in [2.24, 2.45) is 0 Å². The van der Waals surface area contributed by atoms with Gasteiger partial charge in [0.25, 0.3) is 0 Å². The molecule has 1 aromatic heterocycles. The zero-order chi connectivity index (χ0) is 8.27. The zero-order valence-corrected chi connectivity index (χ0v) is 5.90. The van der Waals surface area contributed by atoms with Gasteiger partial charge in [-0.15, -0.1) is 0 Å². The molecule has 1 N–H and O–H groups in total. The van der Waals surface area contributed by atoms with Gasteiger partial charge in [-0.05, 0) is 0 Å². The van der Waals surface area contributed by atoms with Crippen LogP contribution in [0, 0.1) is 0 Å². The molecule has 11 heavy (non-hydrogen) atoms. The van der Waals surface area contributed by atoms with Crippen molar-refractivity contribution in [2.45, 2.75) is 6.54 Å². The van der Waals surface area contributed by atoms with E-state index in [0.29, 0.717) is 0 Å². The average molecular weight is 152 g/mol. The minimum atomic E-state index is -0.899. The molecule has 0 unspecified atom stereocenters. The average Bonchev–Trinajstić information content (AvgIpc) is 2.34. The number of carboxylic acid groups (broad SMARTS) is 1. The molecule has 4 nitrogen and oxygen atoms in total. The van der Waals surface area contributed by atoms with Gasteiger partial charge in [0, 0.05) is 11.8 Å². The van der Waals surface area contributed by atoms with Crippen LogP contribution in [0.15, 0.2) is 19.0 Å². The summed E-state index contributed by atoms with van der Waals surface area (Å²) in [6.45, 7) is 3.42. The van der Waals surface area contributed by atoms with Gasteiger partial charge in [-0.2, -0.15) is 5.10 Å². The number of carbonyl (C=O) groups is 1. The van der Waals surface area contributed by atoms with Crippen LogP contribution < -0.4 is 0 Å². The van der Waals surface area contributed by atoms with Gasteiger partial charge in [-0.1, -0.05) is 12.7 Å². The number of aromatic nitrogens is 2. The molecule has 0 saturated heterocycles. The molecule has 0 aliphatic carbocycles. The Balaban J connectivity index is 2.72. The predicted octanol–water partition coefficient (Wildman–Crippen LogP) is 0.611. The summed E-state index contributed by atoms with van der Waals surface area (Å²) in [4.78, 5) is 10.2. The molecule has 0 aliphatic rings. The molecular formula is C7H8N2O2. The number of hydrogen-bond donors (Lipinski definition) is 1. The van der Waals surface area contributed by atoms with E-state index in [-0.39, 0.29) is 6.54 Å². The maximum atomic E-state index is 10.2. The Labute approximate surface area is 63.8 Å². The third kappa shape index (κ3) is 1.93. The molecule has 1 aromatic rings. The second-order valence-corrected chi connectivity index (χ2v) is 2.07. The van der Waals surface area contributed by atoms with Crippen LogP contribution >= 0.6 is 0 Å². The summed E-state index contributed by atoms with van der Waals surface area (Å²) >= 11 is 0. The van der Waals surface area contributed by atoms with Crippen LogP contribution in [0.2, 0.25) is 0 Å². The van der Waals surface area contributed by atoms with Crippen LogP contribution in [0.5, 0.6) is 0 Å². The molecular weight excluding hydrogens is 144 g/mol. The lowest BCUT2D eigenvalue weighted by Crippen LogP contribution is -2.08. The van der Waals surface area contributed by atoms with Crippen molar-refractivity contribution < 1.29 is 9.90 Å². The first-order chi connectivity index (χ1) is 5.22. The highest BCUT2D eigenvalue weighted by molar-refractivity contribution is 5.66. The smallest absolute Gasteiger partial charge is 0.325 e. The first-order valence-corrected chi connectivity index (χ1v) is 3.09. The van der Waals surface area contributed by atoms with E-state index in [0.717, 1.165) is 5.56 Å². The SMILES string of the molecule is C=Cc1cnn(CC(=O)O)c1. The van der Waals surface area contributed by atoms with E-state index < -0.39 is 5.97 Å². The predicted molar refractivity (Wildman–Crippen MR) is 40.0 cm³/mol. The molecule has 0 radical (unpaired) electrons. The molecule has 0 aliphatic heterocycles. The fourth-order valence-corrected chi connectivity index (χ4v) is 0.710. The molecule has 1 rings (SSSR count). The maximum absolute atomic E-state index is 10.2. The number of nitrogens with zero attached hydrogens (tertiary/aromatic N) is 2. The van der Waals surface area contributed by atoms with E-state index in [4.69, 9.17) is 5.11 Å². The monoisotopic (exact) mass is 152 g/mol. The van der Waals surface area contributed by atoms with Crippen molar-refractivity contribution in [3.8, 4) is 0 Å². The summed E-state index contributed by atoms with van der Waals surface area (Å²) < 4.78 is 1.35. The van der Waals surface area contributed by atoms with E-state index in [1.54, 1.807) is 18.5 Å². The number of hydrogen-bond acceptors (Lipinski definition) is 2. The fraction of sp³-hybridized carbons (Fsp3) is 0.143. The molecule has 0 spiro atoms. The molecule has 0 atom stereocenters. The van der Waals surface area contributed by atoms with Crippen molar-refractivity contribution in [1.29, 1.82) is 0 Å². The van der Waals surface area contributed by atoms with Crippen molar-refractivity contribution >= 4 is 12.0 Å². The first-order valence-electron chi connectivity index (χ1n) is 3.09. The second kappa shape index (κ2) is 3.01. The lowest BCUT2D eigenvalue weighted by molar-refractivity contribution is -0.137.